The maximum Gasteiger partial charge on any atom is 0.263 e. The van der Waals surface area contributed by atoms with Gasteiger partial charge in [-0.3, -0.25) is 9.62 Å². The summed E-state index contributed by atoms with van der Waals surface area (Å²) in [6, 6.07) is 11.5. The summed E-state index contributed by atoms with van der Waals surface area (Å²) in [7, 11) is -3.84. The Hall–Kier alpha value is -2.60. The van der Waals surface area contributed by atoms with Crippen molar-refractivity contribution in [2.75, 3.05) is 17.9 Å². The lowest BCUT2D eigenvalue weighted by atomic mass is 9.77. The molecule has 0 saturated carbocycles. The Morgan fingerprint density at radius 1 is 1.17 bits per heavy atom. The number of nitrogens with one attached hydrogen (secondary N) is 1. The number of aromatic nitrogens is 2. The summed E-state index contributed by atoms with van der Waals surface area (Å²) in [5.74, 6) is 0.350. The third-order valence-electron chi connectivity index (χ3n) is 7.18. The van der Waals surface area contributed by atoms with Crippen LogP contribution in [0.4, 0.5) is 9.52 Å². The van der Waals surface area contributed by atoms with Crippen LogP contribution in [-0.4, -0.2) is 46.5 Å². The predicted molar refractivity (Wildman–Crippen MR) is 135 cm³/mol. The first-order valence-corrected chi connectivity index (χ1v) is 14.2. The van der Waals surface area contributed by atoms with E-state index in [1.165, 1.54) is 18.5 Å². The molecule has 5 rings (SSSR count). The van der Waals surface area contributed by atoms with Crippen molar-refractivity contribution in [3.8, 4) is 5.75 Å². The Bertz CT molecular complexity index is 1310. The van der Waals surface area contributed by atoms with E-state index >= 15 is 0 Å². The summed E-state index contributed by atoms with van der Waals surface area (Å²) in [6.07, 6.45) is 3.60. The van der Waals surface area contributed by atoms with Crippen molar-refractivity contribution in [1.29, 1.82) is 0 Å². The van der Waals surface area contributed by atoms with Crippen molar-refractivity contribution in [2.24, 2.45) is 5.92 Å². The number of sulfonamides is 1. The Morgan fingerprint density at radius 3 is 2.64 bits per heavy atom. The van der Waals surface area contributed by atoms with Gasteiger partial charge in [0, 0.05) is 41.7 Å². The van der Waals surface area contributed by atoms with Gasteiger partial charge >= 0.3 is 0 Å². The lowest BCUT2D eigenvalue weighted by molar-refractivity contribution is -0.0441. The first kappa shape index (κ1) is 25.1. The Balaban J connectivity index is 1.46. The van der Waals surface area contributed by atoms with E-state index in [1.54, 1.807) is 12.1 Å². The molecule has 1 aromatic heterocycles. The molecule has 36 heavy (non-hydrogen) atoms. The molecule has 0 radical (unpaired) electrons. The van der Waals surface area contributed by atoms with Gasteiger partial charge in [0.25, 0.3) is 10.0 Å². The summed E-state index contributed by atoms with van der Waals surface area (Å²) in [6.45, 7) is 4.89. The number of anilines is 1. The first-order chi connectivity index (χ1) is 17.1. The highest BCUT2D eigenvalue weighted by molar-refractivity contribution is 7.93. The molecule has 0 spiro atoms. The molecule has 3 atom stereocenters. The highest BCUT2D eigenvalue weighted by Gasteiger charge is 2.41. The van der Waals surface area contributed by atoms with Crippen LogP contribution >= 0.6 is 11.5 Å². The van der Waals surface area contributed by atoms with Gasteiger partial charge in [0.05, 0.1) is 17.1 Å². The normalized spacial score (nSPS) is 23.1. The SMILES string of the molecule is CC(C)(O)[C@@H]1CCN([C@H]2CCOc3cc(S(=O)(=O)Nc4ncns4)ccc32)[C@H](c2ccc(F)cc2)C1. The summed E-state index contributed by atoms with van der Waals surface area (Å²) in [4.78, 5) is 6.38. The number of halogens is 1. The molecular formula is C25H29FN4O4S2. The number of ether oxygens (including phenoxy) is 1. The van der Waals surface area contributed by atoms with Crippen molar-refractivity contribution < 1.29 is 22.7 Å². The van der Waals surface area contributed by atoms with E-state index < -0.39 is 15.6 Å². The number of hydrogen-bond donors (Lipinski definition) is 2. The number of aliphatic hydroxyl groups is 1. The Labute approximate surface area is 214 Å². The highest BCUT2D eigenvalue weighted by atomic mass is 32.2. The number of hydrogen-bond acceptors (Lipinski definition) is 8. The molecule has 0 amide bonds. The third kappa shape index (κ3) is 5.10. The molecule has 3 aromatic rings. The van der Waals surface area contributed by atoms with E-state index in [2.05, 4.69) is 19.0 Å². The summed E-state index contributed by atoms with van der Waals surface area (Å²) in [5, 5.41) is 10.9. The van der Waals surface area contributed by atoms with Gasteiger partial charge < -0.3 is 9.84 Å². The van der Waals surface area contributed by atoms with Gasteiger partial charge in [-0.25, -0.2) is 17.8 Å². The molecule has 11 heteroatoms. The topological polar surface area (TPSA) is 105 Å². The van der Waals surface area contributed by atoms with Crippen LogP contribution in [0.1, 0.15) is 56.3 Å². The van der Waals surface area contributed by atoms with Crippen LogP contribution in [0.15, 0.2) is 53.7 Å². The second-order valence-corrected chi connectivity index (χ2v) is 12.3. The highest BCUT2D eigenvalue weighted by Crippen LogP contribution is 2.47. The van der Waals surface area contributed by atoms with Crippen LogP contribution < -0.4 is 9.46 Å². The molecule has 192 valence electrons. The molecule has 3 heterocycles. The zero-order valence-corrected chi connectivity index (χ0v) is 21.7. The molecule has 1 fully saturated rings. The smallest absolute Gasteiger partial charge is 0.263 e. The monoisotopic (exact) mass is 532 g/mol. The van der Waals surface area contributed by atoms with E-state index in [1.807, 2.05) is 32.0 Å². The van der Waals surface area contributed by atoms with Crippen molar-refractivity contribution in [2.45, 2.75) is 55.7 Å². The molecule has 0 unspecified atom stereocenters. The van der Waals surface area contributed by atoms with Gasteiger partial charge in [-0.15, -0.1) is 0 Å². The summed E-state index contributed by atoms with van der Waals surface area (Å²) >= 11 is 0.963. The molecular weight excluding hydrogens is 503 g/mol. The number of benzene rings is 2. The van der Waals surface area contributed by atoms with Crippen molar-refractivity contribution >= 4 is 26.7 Å². The Morgan fingerprint density at radius 2 is 1.94 bits per heavy atom. The average Bonchev–Trinajstić information content (AvgIpc) is 3.35. The minimum absolute atomic E-state index is 0.000524. The van der Waals surface area contributed by atoms with Gasteiger partial charge in [-0.05, 0) is 62.9 Å². The zero-order valence-electron chi connectivity index (χ0n) is 20.1. The number of rotatable bonds is 6. The van der Waals surface area contributed by atoms with Crippen LogP contribution in [-0.2, 0) is 10.0 Å². The minimum atomic E-state index is -3.84. The van der Waals surface area contributed by atoms with Crippen molar-refractivity contribution in [1.82, 2.24) is 14.3 Å². The van der Waals surface area contributed by atoms with Crippen molar-refractivity contribution in [3.63, 3.8) is 0 Å². The molecule has 1 saturated heterocycles. The standard InChI is InChI=1S/C25H29FN4O4S2/c1-25(2,31)17-9-11-30(22(13-17)16-3-5-18(26)6-4-16)21-10-12-34-23-14-19(7-8-20(21)23)36(32,33)29-24-27-15-28-35-24/h3-8,14-15,17,21-22,31H,9-13H2,1-2H3,(H,27,28,29)/t17-,21+,22+/m1/s1. The van der Waals surface area contributed by atoms with Crippen LogP contribution in [0.5, 0.6) is 5.75 Å². The molecule has 0 bridgehead atoms. The fourth-order valence-corrected chi connectivity index (χ4v) is 6.94. The molecule has 0 aliphatic carbocycles. The second-order valence-electron chi connectivity index (χ2n) is 9.88. The zero-order chi connectivity index (χ0) is 25.5. The van der Waals surface area contributed by atoms with Crippen LogP contribution in [0.25, 0.3) is 0 Å². The van der Waals surface area contributed by atoms with E-state index in [9.17, 15) is 17.9 Å². The van der Waals surface area contributed by atoms with Gasteiger partial charge in [0.1, 0.15) is 17.9 Å². The number of fused-ring (bicyclic) bond motifs is 1. The van der Waals surface area contributed by atoms with E-state index in [4.69, 9.17) is 4.74 Å². The van der Waals surface area contributed by atoms with E-state index in [-0.39, 0.29) is 33.8 Å². The van der Waals surface area contributed by atoms with Crippen LogP contribution in [0, 0.1) is 11.7 Å². The molecule has 2 N–H and O–H groups in total. The second kappa shape index (κ2) is 9.70. The average molecular weight is 533 g/mol. The first-order valence-electron chi connectivity index (χ1n) is 11.9. The lowest BCUT2D eigenvalue weighted by Gasteiger charge is -2.48. The fourth-order valence-electron chi connectivity index (χ4n) is 5.27. The fraction of sp³-hybridized carbons (Fsp3) is 0.440. The minimum Gasteiger partial charge on any atom is -0.493 e. The Kier molecular flexibility index (Phi) is 6.75. The largest absolute Gasteiger partial charge is 0.493 e. The number of likely N-dealkylation sites (tertiary alicyclic amines) is 1. The predicted octanol–water partition coefficient (Wildman–Crippen LogP) is 4.53. The van der Waals surface area contributed by atoms with Crippen molar-refractivity contribution in [3.05, 3.63) is 65.7 Å². The quantitative estimate of drug-likeness (QED) is 0.481. The molecule has 2 aromatic carbocycles. The number of nitrogens with zero attached hydrogens (tertiary/aromatic N) is 3. The molecule has 8 nitrogen and oxygen atoms in total. The van der Waals surface area contributed by atoms with E-state index in [0.717, 1.165) is 48.5 Å². The molecule has 2 aliphatic rings. The van der Waals surface area contributed by atoms with E-state index in [0.29, 0.717) is 12.4 Å². The maximum absolute atomic E-state index is 13.7. The van der Waals surface area contributed by atoms with Crippen LogP contribution in [0.3, 0.4) is 0 Å². The van der Waals surface area contributed by atoms with Gasteiger partial charge in [-0.1, -0.05) is 18.2 Å². The lowest BCUT2D eigenvalue weighted by Crippen LogP contribution is -2.45. The van der Waals surface area contributed by atoms with Gasteiger partial charge in [0.15, 0.2) is 0 Å². The van der Waals surface area contributed by atoms with Crippen LogP contribution in [0.2, 0.25) is 0 Å². The van der Waals surface area contributed by atoms with Gasteiger partial charge in [0.2, 0.25) is 5.13 Å². The maximum atomic E-state index is 13.7. The summed E-state index contributed by atoms with van der Waals surface area (Å²) in [5.41, 5.74) is 1.10. The number of piperidine rings is 1. The summed E-state index contributed by atoms with van der Waals surface area (Å²) < 4.78 is 51.6. The van der Waals surface area contributed by atoms with Gasteiger partial charge in [-0.2, -0.15) is 4.37 Å². The molecule has 2 aliphatic heterocycles. The third-order valence-corrected chi connectivity index (χ3v) is 9.23.